The molecule has 0 radical (unpaired) electrons. The Kier molecular flexibility index (Phi) is 6.64. The van der Waals surface area contributed by atoms with Crippen LogP contribution in [0.1, 0.15) is 37.0 Å². The number of hydrogen-bond donors (Lipinski definition) is 1. The summed E-state index contributed by atoms with van der Waals surface area (Å²) in [5, 5.41) is 2.65. The van der Waals surface area contributed by atoms with Crippen molar-refractivity contribution in [2.75, 3.05) is 24.2 Å². The Balaban J connectivity index is 1.79. The van der Waals surface area contributed by atoms with E-state index in [-0.39, 0.29) is 21.1 Å². The van der Waals surface area contributed by atoms with Crippen molar-refractivity contribution in [2.24, 2.45) is 5.92 Å². The van der Waals surface area contributed by atoms with E-state index in [2.05, 4.69) is 5.32 Å². The SMILES string of the molecule is CCS(=O)(=O)c1ccccc1C(=O)Nc1ccc(S(=O)(=O)N2CCCC(C)C2)cc1. The molecule has 0 bridgehead atoms. The zero-order valence-corrected chi connectivity index (χ0v) is 18.7. The Bertz CT molecular complexity index is 1130. The molecule has 1 saturated heterocycles. The van der Waals surface area contributed by atoms with E-state index in [1.165, 1.54) is 47.6 Å². The summed E-state index contributed by atoms with van der Waals surface area (Å²) in [6.07, 6.45) is 1.86. The van der Waals surface area contributed by atoms with Crippen LogP contribution in [0.4, 0.5) is 5.69 Å². The summed E-state index contributed by atoms with van der Waals surface area (Å²) in [6, 6.07) is 12.0. The van der Waals surface area contributed by atoms with Crippen LogP contribution in [0.25, 0.3) is 0 Å². The first-order valence-corrected chi connectivity index (χ1v) is 13.0. The normalized spacial score (nSPS) is 18.1. The van der Waals surface area contributed by atoms with Gasteiger partial charge >= 0.3 is 0 Å². The first-order valence-electron chi connectivity index (χ1n) is 9.88. The Morgan fingerprint density at radius 1 is 1.07 bits per heavy atom. The fourth-order valence-corrected chi connectivity index (χ4v) is 6.19. The zero-order valence-electron chi connectivity index (χ0n) is 17.0. The minimum Gasteiger partial charge on any atom is -0.322 e. The van der Waals surface area contributed by atoms with Gasteiger partial charge in [-0.3, -0.25) is 4.79 Å². The van der Waals surface area contributed by atoms with Crippen molar-refractivity contribution in [1.29, 1.82) is 0 Å². The van der Waals surface area contributed by atoms with Crippen LogP contribution in [-0.4, -0.2) is 45.9 Å². The van der Waals surface area contributed by atoms with Gasteiger partial charge in [-0.15, -0.1) is 0 Å². The molecule has 2 aromatic rings. The fraction of sp³-hybridized carbons (Fsp3) is 0.381. The van der Waals surface area contributed by atoms with E-state index in [4.69, 9.17) is 0 Å². The monoisotopic (exact) mass is 450 g/mol. The molecule has 0 saturated carbocycles. The number of sulfonamides is 1. The van der Waals surface area contributed by atoms with E-state index in [0.29, 0.717) is 24.7 Å². The summed E-state index contributed by atoms with van der Waals surface area (Å²) < 4.78 is 51.7. The van der Waals surface area contributed by atoms with E-state index in [1.807, 2.05) is 6.92 Å². The Hall–Kier alpha value is -2.23. The second-order valence-corrected chi connectivity index (χ2v) is 11.7. The number of nitrogens with one attached hydrogen (secondary N) is 1. The molecule has 1 atom stereocenters. The standard InChI is InChI=1S/C21H26N2O5S2/c1-3-29(25,26)20-9-5-4-8-19(20)21(24)22-17-10-12-18(13-11-17)30(27,28)23-14-6-7-16(2)15-23/h4-5,8-13,16H,3,6-7,14-15H2,1-2H3,(H,22,24). The topological polar surface area (TPSA) is 101 Å². The third-order valence-electron chi connectivity index (χ3n) is 5.22. The number of carbonyl (C=O) groups is 1. The lowest BCUT2D eigenvalue weighted by molar-refractivity contribution is 0.102. The van der Waals surface area contributed by atoms with E-state index in [0.717, 1.165) is 12.8 Å². The van der Waals surface area contributed by atoms with Gasteiger partial charge in [0.2, 0.25) is 10.0 Å². The van der Waals surface area contributed by atoms with Crippen molar-refractivity contribution >= 4 is 31.5 Å². The molecule has 1 N–H and O–H groups in total. The van der Waals surface area contributed by atoms with Gasteiger partial charge in [-0.1, -0.05) is 26.0 Å². The van der Waals surface area contributed by atoms with Gasteiger partial charge in [-0.25, -0.2) is 16.8 Å². The maximum atomic E-state index is 12.8. The average Bonchev–Trinajstić information content (AvgIpc) is 2.74. The molecule has 162 valence electrons. The summed E-state index contributed by atoms with van der Waals surface area (Å²) in [4.78, 5) is 12.8. The van der Waals surface area contributed by atoms with Gasteiger partial charge in [0.1, 0.15) is 0 Å². The Morgan fingerprint density at radius 3 is 2.37 bits per heavy atom. The summed E-state index contributed by atoms with van der Waals surface area (Å²) in [5.74, 6) is -0.353. The second kappa shape index (κ2) is 8.87. The van der Waals surface area contributed by atoms with Gasteiger partial charge in [0.05, 0.1) is 21.1 Å². The molecule has 3 rings (SSSR count). The molecule has 0 aliphatic carbocycles. The van der Waals surface area contributed by atoms with Crippen LogP contribution in [0.5, 0.6) is 0 Å². The highest BCUT2D eigenvalue weighted by Gasteiger charge is 2.28. The number of carbonyl (C=O) groups excluding carboxylic acids is 1. The van der Waals surface area contributed by atoms with Crippen LogP contribution in [0.3, 0.4) is 0 Å². The average molecular weight is 451 g/mol. The molecule has 0 spiro atoms. The second-order valence-electron chi connectivity index (χ2n) is 7.49. The number of piperidine rings is 1. The lowest BCUT2D eigenvalue weighted by Crippen LogP contribution is -2.39. The van der Waals surface area contributed by atoms with E-state index in [1.54, 1.807) is 12.1 Å². The van der Waals surface area contributed by atoms with Gasteiger partial charge < -0.3 is 5.32 Å². The third kappa shape index (κ3) is 4.74. The van der Waals surface area contributed by atoms with Crippen molar-refractivity contribution in [3.05, 3.63) is 54.1 Å². The largest absolute Gasteiger partial charge is 0.322 e. The molecule has 7 nitrogen and oxygen atoms in total. The summed E-state index contributed by atoms with van der Waals surface area (Å²) in [5.41, 5.74) is 0.438. The predicted octanol–water partition coefficient (Wildman–Crippen LogP) is 3.15. The highest BCUT2D eigenvalue weighted by atomic mass is 32.2. The number of nitrogens with zero attached hydrogens (tertiary/aromatic N) is 1. The lowest BCUT2D eigenvalue weighted by atomic mass is 10.0. The number of amides is 1. The van der Waals surface area contributed by atoms with Crippen LogP contribution in [0.15, 0.2) is 58.3 Å². The zero-order chi connectivity index (χ0) is 21.9. The molecule has 1 aliphatic rings. The minimum atomic E-state index is -3.58. The number of anilines is 1. The maximum absolute atomic E-state index is 12.8. The van der Waals surface area contributed by atoms with E-state index >= 15 is 0 Å². The first-order chi connectivity index (χ1) is 14.1. The molecule has 2 aromatic carbocycles. The first kappa shape index (κ1) is 22.5. The summed E-state index contributed by atoms with van der Waals surface area (Å²) in [6.45, 7) is 4.57. The third-order valence-corrected chi connectivity index (χ3v) is 8.88. The van der Waals surface area contributed by atoms with Gasteiger partial charge in [0, 0.05) is 18.8 Å². The van der Waals surface area contributed by atoms with E-state index in [9.17, 15) is 21.6 Å². The molecular weight excluding hydrogens is 424 g/mol. The molecule has 0 aromatic heterocycles. The van der Waals surface area contributed by atoms with Crippen LogP contribution < -0.4 is 5.32 Å². The van der Waals surface area contributed by atoms with Crippen molar-refractivity contribution < 1.29 is 21.6 Å². The summed E-state index contributed by atoms with van der Waals surface area (Å²) >= 11 is 0. The minimum absolute atomic E-state index is 0.0246. The number of rotatable bonds is 6. The molecule has 1 aliphatic heterocycles. The molecular formula is C21H26N2O5S2. The van der Waals surface area contributed by atoms with Gasteiger partial charge in [-0.2, -0.15) is 4.31 Å². The highest BCUT2D eigenvalue weighted by Crippen LogP contribution is 2.25. The summed E-state index contributed by atoms with van der Waals surface area (Å²) in [7, 11) is -7.14. The smallest absolute Gasteiger partial charge is 0.256 e. The van der Waals surface area contributed by atoms with Crippen molar-refractivity contribution in [3.8, 4) is 0 Å². The predicted molar refractivity (Wildman–Crippen MR) is 116 cm³/mol. The van der Waals surface area contributed by atoms with Crippen LogP contribution in [-0.2, 0) is 19.9 Å². The van der Waals surface area contributed by atoms with Crippen molar-refractivity contribution in [1.82, 2.24) is 4.31 Å². The molecule has 1 heterocycles. The molecule has 30 heavy (non-hydrogen) atoms. The van der Waals surface area contributed by atoms with Gasteiger partial charge in [-0.05, 0) is 55.2 Å². The van der Waals surface area contributed by atoms with Gasteiger partial charge in [0.25, 0.3) is 5.91 Å². The van der Waals surface area contributed by atoms with Crippen LogP contribution >= 0.6 is 0 Å². The highest BCUT2D eigenvalue weighted by molar-refractivity contribution is 7.91. The Labute approximate surface area is 178 Å². The van der Waals surface area contributed by atoms with Crippen LogP contribution in [0, 0.1) is 5.92 Å². The van der Waals surface area contributed by atoms with Crippen molar-refractivity contribution in [3.63, 3.8) is 0 Å². The quantitative estimate of drug-likeness (QED) is 0.729. The Morgan fingerprint density at radius 2 is 1.73 bits per heavy atom. The lowest BCUT2D eigenvalue weighted by Gasteiger charge is -2.30. The van der Waals surface area contributed by atoms with Gasteiger partial charge in [0.15, 0.2) is 9.84 Å². The molecule has 1 amide bonds. The molecule has 1 unspecified atom stereocenters. The van der Waals surface area contributed by atoms with Crippen LogP contribution in [0.2, 0.25) is 0 Å². The molecule has 1 fully saturated rings. The maximum Gasteiger partial charge on any atom is 0.256 e. The fourth-order valence-electron chi connectivity index (χ4n) is 3.50. The van der Waals surface area contributed by atoms with Crippen molar-refractivity contribution in [2.45, 2.75) is 36.5 Å². The van der Waals surface area contributed by atoms with E-state index < -0.39 is 25.8 Å². The number of benzene rings is 2. The molecule has 9 heteroatoms. The number of hydrogen-bond acceptors (Lipinski definition) is 5. The number of sulfone groups is 1.